The van der Waals surface area contributed by atoms with E-state index < -0.39 is 18.5 Å². The molecule has 102 valence electrons. The first-order valence-electron chi connectivity index (χ1n) is 6.22. The van der Waals surface area contributed by atoms with Crippen LogP contribution < -0.4 is 16.0 Å². The van der Waals surface area contributed by atoms with E-state index in [1.165, 1.54) is 0 Å². The zero-order valence-electron chi connectivity index (χ0n) is 10.5. The summed E-state index contributed by atoms with van der Waals surface area (Å²) in [5.74, 6) is -1.08. The van der Waals surface area contributed by atoms with E-state index in [-0.39, 0.29) is 6.04 Å². The number of carbonyl (C=O) groups excluding carboxylic acids is 1. The van der Waals surface area contributed by atoms with E-state index in [1.807, 2.05) is 0 Å². The number of aliphatic carboxylic acids is 1. The van der Waals surface area contributed by atoms with Crippen molar-refractivity contribution in [2.75, 3.05) is 17.2 Å². The number of rotatable bonds is 4. The minimum atomic E-state index is -1.08. The van der Waals surface area contributed by atoms with Crippen LogP contribution >= 0.6 is 0 Å². The van der Waals surface area contributed by atoms with Gasteiger partial charge in [-0.25, -0.2) is 4.79 Å². The number of hydrogen-bond donors (Lipinski definition) is 3. The lowest BCUT2D eigenvalue weighted by Gasteiger charge is -2.30. The van der Waals surface area contributed by atoms with Crippen LogP contribution in [0.1, 0.15) is 19.3 Å². The van der Waals surface area contributed by atoms with Gasteiger partial charge in [-0.2, -0.15) is 0 Å². The molecule has 0 heterocycles. The highest BCUT2D eigenvalue weighted by molar-refractivity contribution is 5.99. The summed E-state index contributed by atoms with van der Waals surface area (Å²) < 4.78 is 0. The Kier molecular flexibility index (Phi) is 3.89. The summed E-state index contributed by atoms with van der Waals surface area (Å²) in [6.07, 6.45) is 2.98. The number of urea groups is 1. The largest absolute Gasteiger partial charge is 0.480 e. The summed E-state index contributed by atoms with van der Waals surface area (Å²) in [6.45, 7) is -0.410. The predicted octanol–water partition coefficient (Wildman–Crippen LogP) is 1.42. The second-order valence-corrected chi connectivity index (χ2v) is 4.62. The van der Waals surface area contributed by atoms with Crippen LogP contribution in [-0.2, 0) is 4.79 Å². The second kappa shape index (κ2) is 5.60. The Hall–Kier alpha value is -2.24. The zero-order valence-corrected chi connectivity index (χ0v) is 10.5. The SMILES string of the molecule is Nc1ccccc1N(CC(=O)O)C(=O)NC1CCC1. The quantitative estimate of drug-likeness (QED) is 0.716. The fourth-order valence-corrected chi connectivity index (χ4v) is 1.94. The van der Waals surface area contributed by atoms with Crippen LogP contribution in [-0.4, -0.2) is 29.7 Å². The van der Waals surface area contributed by atoms with Gasteiger partial charge in [0, 0.05) is 6.04 Å². The molecule has 1 aromatic carbocycles. The number of nitrogens with two attached hydrogens (primary N) is 1. The van der Waals surface area contributed by atoms with E-state index in [0.717, 1.165) is 24.2 Å². The van der Waals surface area contributed by atoms with E-state index in [2.05, 4.69) is 5.32 Å². The highest BCUT2D eigenvalue weighted by Crippen LogP contribution is 2.24. The van der Waals surface area contributed by atoms with E-state index in [1.54, 1.807) is 24.3 Å². The summed E-state index contributed by atoms with van der Waals surface area (Å²) >= 11 is 0. The third-order valence-corrected chi connectivity index (χ3v) is 3.20. The topological polar surface area (TPSA) is 95.7 Å². The number of hydrogen-bond acceptors (Lipinski definition) is 3. The Morgan fingerprint density at radius 2 is 2.05 bits per heavy atom. The maximum Gasteiger partial charge on any atom is 0.323 e. The van der Waals surface area contributed by atoms with Crippen molar-refractivity contribution in [2.45, 2.75) is 25.3 Å². The van der Waals surface area contributed by atoms with Crippen LogP contribution in [0.5, 0.6) is 0 Å². The van der Waals surface area contributed by atoms with Crippen LogP contribution in [0.2, 0.25) is 0 Å². The van der Waals surface area contributed by atoms with Gasteiger partial charge in [0.05, 0.1) is 11.4 Å². The van der Waals surface area contributed by atoms with Gasteiger partial charge in [0.2, 0.25) is 0 Å². The molecule has 1 saturated carbocycles. The second-order valence-electron chi connectivity index (χ2n) is 4.62. The van der Waals surface area contributed by atoms with E-state index in [9.17, 15) is 9.59 Å². The van der Waals surface area contributed by atoms with Crippen molar-refractivity contribution in [3.05, 3.63) is 24.3 Å². The number of benzene rings is 1. The first kappa shape index (κ1) is 13.2. The molecule has 1 aliphatic rings. The van der Waals surface area contributed by atoms with Crippen molar-refractivity contribution in [2.24, 2.45) is 0 Å². The molecule has 0 aromatic heterocycles. The summed E-state index contributed by atoms with van der Waals surface area (Å²) in [5, 5.41) is 11.7. The average molecular weight is 263 g/mol. The maximum atomic E-state index is 12.1. The van der Waals surface area contributed by atoms with Gasteiger partial charge >= 0.3 is 12.0 Å². The molecule has 0 saturated heterocycles. The number of anilines is 2. The maximum absolute atomic E-state index is 12.1. The molecule has 2 rings (SSSR count). The number of carboxylic acids is 1. The molecule has 2 amide bonds. The highest BCUT2D eigenvalue weighted by Gasteiger charge is 2.25. The zero-order chi connectivity index (χ0) is 13.8. The molecule has 0 aliphatic heterocycles. The number of nitrogens with zero attached hydrogens (tertiary/aromatic N) is 1. The van der Waals surface area contributed by atoms with Crippen molar-refractivity contribution < 1.29 is 14.7 Å². The average Bonchev–Trinajstić information content (AvgIpc) is 2.31. The Morgan fingerprint density at radius 3 is 2.58 bits per heavy atom. The fourth-order valence-electron chi connectivity index (χ4n) is 1.94. The Balaban J connectivity index is 2.17. The Morgan fingerprint density at radius 1 is 1.37 bits per heavy atom. The molecule has 0 bridgehead atoms. The fraction of sp³-hybridized carbons (Fsp3) is 0.385. The van der Waals surface area contributed by atoms with Crippen molar-refractivity contribution >= 4 is 23.4 Å². The van der Waals surface area contributed by atoms with Gasteiger partial charge < -0.3 is 16.2 Å². The van der Waals surface area contributed by atoms with E-state index in [0.29, 0.717) is 11.4 Å². The third kappa shape index (κ3) is 3.15. The van der Waals surface area contributed by atoms with E-state index in [4.69, 9.17) is 10.8 Å². The molecule has 19 heavy (non-hydrogen) atoms. The molecule has 0 unspecified atom stereocenters. The molecule has 6 nitrogen and oxygen atoms in total. The van der Waals surface area contributed by atoms with Crippen LogP contribution in [0.3, 0.4) is 0 Å². The minimum Gasteiger partial charge on any atom is -0.480 e. The molecule has 0 spiro atoms. The van der Waals surface area contributed by atoms with Crippen molar-refractivity contribution in [1.82, 2.24) is 5.32 Å². The molecule has 6 heteroatoms. The first-order valence-corrected chi connectivity index (χ1v) is 6.22. The van der Waals surface area contributed by atoms with Crippen LogP contribution in [0.15, 0.2) is 24.3 Å². The number of carbonyl (C=O) groups is 2. The van der Waals surface area contributed by atoms with Crippen molar-refractivity contribution in [3.8, 4) is 0 Å². The van der Waals surface area contributed by atoms with Gasteiger partial charge in [-0.3, -0.25) is 9.69 Å². The van der Waals surface area contributed by atoms with Crippen molar-refractivity contribution in [1.29, 1.82) is 0 Å². The summed E-state index contributed by atoms with van der Waals surface area (Å²) in [4.78, 5) is 24.2. The Bertz CT molecular complexity index is 486. The van der Waals surface area contributed by atoms with Gasteiger partial charge in [0.15, 0.2) is 0 Å². The molecule has 4 N–H and O–H groups in total. The number of carboxylic acid groups (broad SMARTS) is 1. The molecule has 0 radical (unpaired) electrons. The number of amides is 2. The van der Waals surface area contributed by atoms with Gasteiger partial charge in [0.1, 0.15) is 6.54 Å². The van der Waals surface area contributed by atoms with Crippen LogP contribution in [0.4, 0.5) is 16.2 Å². The molecule has 1 aromatic rings. The van der Waals surface area contributed by atoms with Crippen LogP contribution in [0, 0.1) is 0 Å². The number of para-hydroxylation sites is 2. The Labute approximate surface area is 111 Å². The van der Waals surface area contributed by atoms with Crippen molar-refractivity contribution in [3.63, 3.8) is 0 Å². The molecule has 1 aliphatic carbocycles. The van der Waals surface area contributed by atoms with Gasteiger partial charge in [-0.05, 0) is 31.4 Å². The van der Waals surface area contributed by atoms with Gasteiger partial charge in [-0.1, -0.05) is 12.1 Å². The molecule has 1 fully saturated rings. The number of nitrogen functional groups attached to an aromatic ring is 1. The lowest BCUT2D eigenvalue weighted by atomic mass is 9.93. The standard InChI is InChI=1S/C13H17N3O3/c14-10-6-1-2-7-11(10)16(8-12(17)18)13(19)15-9-4-3-5-9/h1-2,6-7,9H,3-5,8,14H2,(H,15,19)(H,17,18). The van der Waals surface area contributed by atoms with Crippen LogP contribution in [0.25, 0.3) is 0 Å². The lowest BCUT2D eigenvalue weighted by molar-refractivity contribution is -0.135. The third-order valence-electron chi connectivity index (χ3n) is 3.20. The smallest absolute Gasteiger partial charge is 0.323 e. The molecule has 0 atom stereocenters. The lowest BCUT2D eigenvalue weighted by Crippen LogP contribution is -2.49. The highest BCUT2D eigenvalue weighted by atomic mass is 16.4. The summed E-state index contributed by atoms with van der Waals surface area (Å²) in [5.41, 5.74) is 6.60. The summed E-state index contributed by atoms with van der Waals surface area (Å²) in [6, 6.07) is 6.47. The normalized spacial score (nSPS) is 14.5. The molecular weight excluding hydrogens is 246 g/mol. The van der Waals surface area contributed by atoms with E-state index >= 15 is 0 Å². The predicted molar refractivity (Wildman–Crippen MR) is 72.0 cm³/mol. The molecular formula is C13H17N3O3. The van der Waals surface area contributed by atoms with Gasteiger partial charge in [-0.15, -0.1) is 0 Å². The van der Waals surface area contributed by atoms with Gasteiger partial charge in [0.25, 0.3) is 0 Å². The number of nitrogens with one attached hydrogen (secondary N) is 1. The minimum absolute atomic E-state index is 0.147. The summed E-state index contributed by atoms with van der Waals surface area (Å²) in [7, 11) is 0. The monoisotopic (exact) mass is 263 g/mol. The first-order chi connectivity index (χ1) is 9.08.